The Balaban J connectivity index is 1.42. The Hall–Kier alpha value is -0.810. The fraction of sp³-hybridized carbons (Fsp3) is 0.938. The Kier molecular flexibility index (Phi) is 4.14. The van der Waals surface area contributed by atoms with E-state index < -0.39 is 5.60 Å². The number of hydrogen-bond acceptors (Lipinski definition) is 4. The number of hydrogen-bond donors (Lipinski definition) is 1. The molecule has 0 aromatic carbocycles. The lowest BCUT2D eigenvalue weighted by molar-refractivity contribution is 0.0268. The monoisotopic (exact) mass is 296 g/mol. The molecule has 3 rings (SSSR count). The van der Waals surface area contributed by atoms with Crippen LogP contribution in [0.1, 0.15) is 40.0 Å². The van der Waals surface area contributed by atoms with Crippen LogP contribution in [-0.2, 0) is 9.47 Å². The highest BCUT2D eigenvalue weighted by Crippen LogP contribution is 2.46. The van der Waals surface area contributed by atoms with E-state index in [1.54, 1.807) is 0 Å². The Morgan fingerprint density at radius 3 is 2.57 bits per heavy atom. The third-order valence-electron chi connectivity index (χ3n) is 4.73. The number of piperidine rings is 1. The topological polar surface area (TPSA) is 50.8 Å². The summed E-state index contributed by atoms with van der Waals surface area (Å²) in [6, 6.07) is 1.20. The zero-order chi connectivity index (χ0) is 15.0. The Labute approximate surface area is 127 Å². The first-order valence-electron chi connectivity index (χ1n) is 8.26. The second-order valence-electron chi connectivity index (χ2n) is 7.65. The number of rotatable bonds is 2. The van der Waals surface area contributed by atoms with Crippen LogP contribution in [0.3, 0.4) is 0 Å². The first-order chi connectivity index (χ1) is 9.94. The lowest BCUT2D eigenvalue weighted by atomic mass is 10.1. The lowest BCUT2D eigenvalue weighted by Crippen LogP contribution is -2.41. The maximum Gasteiger partial charge on any atom is 0.410 e. The number of nitrogens with zero attached hydrogens (tertiary/aromatic N) is 1. The number of amides is 1. The fourth-order valence-corrected chi connectivity index (χ4v) is 3.59. The zero-order valence-corrected chi connectivity index (χ0v) is 13.4. The molecule has 0 radical (unpaired) electrons. The highest BCUT2D eigenvalue weighted by atomic mass is 16.6. The predicted molar refractivity (Wildman–Crippen MR) is 80.2 cm³/mol. The van der Waals surface area contributed by atoms with Gasteiger partial charge in [-0.05, 0) is 51.9 Å². The van der Waals surface area contributed by atoms with Gasteiger partial charge in [0.1, 0.15) is 5.60 Å². The van der Waals surface area contributed by atoms with E-state index in [0.717, 1.165) is 39.1 Å². The van der Waals surface area contributed by atoms with Crippen molar-refractivity contribution in [3.8, 4) is 0 Å². The number of ether oxygens (including phenoxy) is 2. The van der Waals surface area contributed by atoms with Crippen molar-refractivity contribution in [1.82, 2.24) is 10.2 Å². The van der Waals surface area contributed by atoms with Gasteiger partial charge in [-0.1, -0.05) is 0 Å². The molecule has 2 aliphatic heterocycles. The van der Waals surface area contributed by atoms with Gasteiger partial charge in [0.25, 0.3) is 0 Å². The molecule has 0 aromatic heterocycles. The van der Waals surface area contributed by atoms with E-state index in [2.05, 4.69) is 5.32 Å². The van der Waals surface area contributed by atoms with E-state index in [1.165, 1.54) is 6.42 Å². The Morgan fingerprint density at radius 2 is 1.90 bits per heavy atom. The molecule has 3 fully saturated rings. The van der Waals surface area contributed by atoms with Crippen molar-refractivity contribution < 1.29 is 14.3 Å². The van der Waals surface area contributed by atoms with Gasteiger partial charge in [-0.3, -0.25) is 0 Å². The standard InChI is InChI=1S/C16H28N2O3/c1-16(2,3)21-15(19)18-9-12-13(10-18)14(12)17-11-5-4-7-20-8-6-11/h11-14,17H,4-10H2,1-3H3. The molecular formula is C16H28N2O3. The molecule has 1 N–H and O–H groups in total. The molecule has 1 aliphatic carbocycles. The molecule has 1 saturated carbocycles. The summed E-state index contributed by atoms with van der Waals surface area (Å²) >= 11 is 0. The van der Waals surface area contributed by atoms with Crippen molar-refractivity contribution in [1.29, 1.82) is 0 Å². The number of fused-ring (bicyclic) bond motifs is 1. The molecule has 2 heterocycles. The summed E-state index contributed by atoms with van der Waals surface area (Å²) in [5.74, 6) is 1.25. The van der Waals surface area contributed by atoms with E-state index >= 15 is 0 Å². The van der Waals surface area contributed by atoms with Crippen molar-refractivity contribution in [3.63, 3.8) is 0 Å². The highest BCUT2D eigenvalue weighted by molar-refractivity contribution is 5.69. The molecule has 3 unspecified atom stereocenters. The van der Waals surface area contributed by atoms with Gasteiger partial charge < -0.3 is 19.7 Å². The summed E-state index contributed by atoms with van der Waals surface area (Å²) in [6.07, 6.45) is 3.33. The minimum atomic E-state index is -0.401. The van der Waals surface area contributed by atoms with Gasteiger partial charge in [-0.15, -0.1) is 0 Å². The summed E-state index contributed by atoms with van der Waals surface area (Å²) in [7, 11) is 0. The number of carbonyl (C=O) groups excluding carboxylic acids is 1. The van der Waals surface area contributed by atoms with Gasteiger partial charge in [0.2, 0.25) is 0 Å². The first kappa shape index (κ1) is 15.1. The average Bonchev–Trinajstić information content (AvgIpc) is 2.93. The SMILES string of the molecule is CC(C)(C)OC(=O)N1CC2C(C1)C2NC1CCCOCC1. The van der Waals surface area contributed by atoms with Crippen LogP contribution in [0.5, 0.6) is 0 Å². The van der Waals surface area contributed by atoms with Gasteiger partial charge in [-0.2, -0.15) is 0 Å². The van der Waals surface area contributed by atoms with E-state index in [-0.39, 0.29) is 6.09 Å². The van der Waals surface area contributed by atoms with E-state index in [0.29, 0.717) is 23.9 Å². The second kappa shape index (κ2) is 5.76. The molecule has 0 aromatic rings. The van der Waals surface area contributed by atoms with Crippen LogP contribution in [0.4, 0.5) is 4.79 Å². The van der Waals surface area contributed by atoms with Gasteiger partial charge in [0.15, 0.2) is 0 Å². The quantitative estimate of drug-likeness (QED) is 0.847. The van der Waals surface area contributed by atoms with Crippen molar-refractivity contribution in [3.05, 3.63) is 0 Å². The highest BCUT2D eigenvalue weighted by Gasteiger charge is 2.57. The summed E-state index contributed by atoms with van der Waals surface area (Å²) < 4.78 is 10.9. The van der Waals surface area contributed by atoms with E-state index in [4.69, 9.17) is 9.47 Å². The maximum absolute atomic E-state index is 12.0. The minimum Gasteiger partial charge on any atom is -0.444 e. The minimum absolute atomic E-state index is 0.156. The van der Waals surface area contributed by atoms with Gasteiger partial charge in [0, 0.05) is 38.4 Å². The summed E-state index contributed by atoms with van der Waals surface area (Å²) in [6.45, 7) is 9.23. The molecule has 21 heavy (non-hydrogen) atoms. The van der Waals surface area contributed by atoms with Crippen LogP contribution in [0.25, 0.3) is 0 Å². The molecule has 5 heteroatoms. The average molecular weight is 296 g/mol. The second-order valence-corrected chi connectivity index (χ2v) is 7.65. The third kappa shape index (κ3) is 3.69. The Morgan fingerprint density at radius 1 is 1.19 bits per heavy atom. The van der Waals surface area contributed by atoms with Crippen LogP contribution >= 0.6 is 0 Å². The smallest absolute Gasteiger partial charge is 0.410 e. The van der Waals surface area contributed by atoms with Gasteiger partial charge in [0.05, 0.1) is 0 Å². The van der Waals surface area contributed by atoms with Crippen LogP contribution in [-0.4, -0.2) is 55.0 Å². The van der Waals surface area contributed by atoms with E-state index in [1.807, 2.05) is 25.7 Å². The van der Waals surface area contributed by atoms with Crippen molar-refractivity contribution in [2.24, 2.45) is 11.8 Å². The normalized spacial score (nSPS) is 36.0. The van der Waals surface area contributed by atoms with E-state index in [9.17, 15) is 4.79 Å². The summed E-state index contributed by atoms with van der Waals surface area (Å²) in [5, 5.41) is 3.78. The van der Waals surface area contributed by atoms with Crippen molar-refractivity contribution >= 4 is 6.09 Å². The largest absolute Gasteiger partial charge is 0.444 e. The molecule has 0 bridgehead atoms. The number of likely N-dealkylation sites (tertiary alicyclic amines) is 1. The molecule has 1 amide bonds. The van der Waals surface area contributed by atoms with Crippen LogP contribution in [0, 0.1) is 11.8 Å². The third-order valence-corrected chi connectivity index (χ3v) is 4.73. The molecule has 5 nitrogen and oxygen atoms in total. The lowest BCUT2D eigenvalue weighted by Gasteiger charge is -2.26. The number of carbonyl (C=O) groups is 1. The maximum atomic E-state index is 12.0. The van der Waals surface area contributed by atoms with Crippen molar-refractivity contribution in [2.75, 3.05) is 26.3 Å². The zero-order valence-electron chi connectivity index (χ0n) is 13.4. The van der Waals surface area contributed by atoms with Crippen LogP contribution in [0.15, 0.2) is 0 Å². The van der Waals surface area contributed by atoms with Crippen LogP contribution < -0.4 is 5.32 Å². The van der Waals surface area contributed by atoms with Crippen LogP contribution in [0.2, 0.25) is 0 Å². The molecule has 2 saturated heterocycles. The van der Waals surface area contributed by atoms with Crippen molar-refractivity contribution in [2.45, 2.75) is 57.7 Å². The predicted octanol–water partition coefficient (Wildman–Crippen LogP) is 2.01. The summed E-state index contributed by atoms with van der Waals surface area (Å²) in [5.41, 5.74) is -0.401. The molecule has 0 spiro atoms. The molecule has 3 atom stereocenters. The number of nitrogens with one attached hydrogen (secondary N) is 1. The fourth-order valence-electron chi connectivity index (χ4n) is 3.59. The summed E-state index contributed by atoms with van der Waals surface area (Å²) in [4.78, 5) is 13.9. The first-order valence-corrected chi connectivity index (χ1v) is 8.26. The van der Waals surface area contributed by atoms with Gasteiger partial charge in [-0.25, -0.2) is 4.79 Å². The molecule has 3 aliphatic rings. The Bertz CT molecular complexity index is 373. The molecule has 120 valence electrons. The molecular weight excluding hydrogens is 268 g/mol. The van der Waals surface area contributed by atoms with Gasteiger partial charge >= 0.3 is 6.09 Å².